The first-order valence-corrected chi connectivity index (χ1v) is 5.76. The fourth-order valence-electron chi connectivity index (χ4n) is 2.00. The summed E-state index contributed by atoms with van der Waals surface area (Å²) < 4.78 is 3.25. The number of carbonyl (C=O) groups is 1. The van der Waals surface area contributed by atoms with Crippen LogP contribution < -0.4 is 0 Å². The third-order valence-corrected chi connectivity index (χ3v) is 2.86. The molecule has 19 heavy (non-hydrogen) atoms. The zero-order chi connectivity index (χ0) is 13.2. The number of para-hydroxylation sites is 1. The molecule has 2 heterocycles. The van der Waals surface area contributed by atoms with Gasteiger partial charge in [-0.2, -0.15) is 5.10 Å². The van der Waals surface area contributed by atoms with Crippen LogP contribution in [-0.4, -0.2) is 25.4 Å². The highest BCUT2D eigenvalue weighted by Gasteiger charge is 2.12. The first kappa shape index (κ1) is 11.3. The molecule has 2 aromatic heterocycles. The van der Waals surface area contributed by atoms with Gasteiger partial charge in [0.1, 0.15) is 5.69 Å². The predicted molar refractivity (Wildman–Crippen MR) is 72.6 cm³/mol. The molecule has 0 amide bonds. The molecule has 0 saturated heterocycles. The van der Waals surface area contributed by atoms with Crippen molar-refractivity contribution in [2.24, 2.45) is 0 Å². The van der Waals surface area contributed by atoms with Crippen LogP contribution in [0, 0.1) is 0 Å². The van der Waals surface area contributed by atoms with Gasteiger partial charge >= 0.3 is 5.97 Å². The molecule has 5 heteroatoms. The topological polar surface area (TPSA) is 60.0 Å². The molecule has 0 aliphatic heterocycles. The minimum Gasteiger partial charge on any atom is -0.477 e. The van der Waals surface area contributed by atoms with Crippen LogP contribution in [0.5, 0.6) is 0 Å². The summed E-state index contributed by atoms with van der Waals surface area (Å²) >= 11 is 0. The molecule has 0 bridgehead atoms. The fraction of sp³-hybridized carbons (Fsp3) is 0. The Balaban J connectivity index is 2.15. The largest absolute Gasteiger partial charge is 0.477 e. The van der Waals surface area contributed by atoms with E-state index < -0.39 is 5.97 Å². The van der Waals surface area contributed by atoms with Crippen LogP contribution in [0.2, 0.25) is 0 Å². The molecule has 1 aromatic carbocycles. The van der Waals surface area contributed by atoms with E-state index in [1.54, 1.807) is 46.2 Å². The van der Waals surface area contributed by atoms with E-state index in [4.69, 9.17) is 0 Å². The summed E-state index contributed by atoms with van der Waals surface area (Å²) in [6, 6.07) is 11.0. The van der Waals surface area contributed by atoms with E-state index in [1.807, 2.05) is 24.3 Å². The van der Waals surface area contributed by atoms with Crippen molar-refractivity contribution >= 4 is 29.3 Å². The Morgan fingerprint density at radius 1 is 1.21 bits per heavy atom. The van der Waals surface area contributed by atoms with Gasteiger partial charge < -0.3 is 9.67 Å². The van der Waals surface area contributed by atoms with E-state index in [0.717, 1.165) is 10.9 Å². The van der Waals surface area contributed by atoms with Gasteiger partial charge in [0, 0.05) is 30.2 Å². The molecule has 0 atom stereocenters. The van der Waals surface area contributed by atoms with Gasteiger partial charge in [-0.05, 0) is 18.2 Å². The molecular weight excluding hydrogens is 242 g/mol. The van der Waals surface area contributed by atoms with Crippen molar-refractivity contribution in [2.45, 2.75) is 0 Å². The van der Waals surface area contributed by atoms with Crippen molar-refractivity contribution in [3.8, 4) is 0 Å². The minimum atomic E-state index is -0.957. The Morgan fingerprint density at radius 3 is 2.79 bits per heavy atom. The monoisotopic (exact) mass is 253 g/mol. The SMILES string of the molecule is O=C(O)c1cc2ccccc2n1C=Cn1cccn1. The van der Waals surface area contributed by atoms with Crippen molar-refractivity contribution in [3.05, 3.63) is 54.5 Å². The summed E-state index contributed by atoms with van der Waals surface area (Å²) in [5.74, 6) is -0.957. The zero-order valence-electron chi connectivity index (χ0n) is 9.97. The number of carboxylic acid groups (broad SMARTS) is 1. The molecular formula is C14H11N3O2. The average molecular weight is 253 g/mol. The molecule has 5 nitrogen and oxygen atoms in total. The summed E-state index contributed by atoms with van der Waals surface area (Å²) in [4.78, 5) is 11.3. The number of aromatic carboxylic acids is 1. The van der Waals surface area contributed by atoms with Gasteiger partial charge in [0.05, 0.1) is 5.52 Å². The van der Waals surface area contributed by atoms with Crippen LogP contribution in [0.1, 0.15) is 10.5 Å². The predicted octanol–water partition coefficient (Wildman–Crippen LogP) is 2.62. The average Bonchev–Trinajstić information content (AvgIpc) is 3.03. The lowest BCUT2D eigenvalue weighted by molar-refractivity contribution is 0.0689. The standard InChI is InChI=1S/C14H11N3O2/c18-14(19)13-10-11-4-1-2-5-12(11)17(13)9-8-16-7-3-6-15-16/h1-10H,(H,18,19). The molecule has 3 aromatic rings. The summed E-state index contributed by atoms with van der Waals surface area (Å²) in [6.45, 7) is 0. The maximum absolute atomic E-state index is 11.3. The number of carboxylic acids is 1. The summed E-state index contributed by atoms with van der Waals surface area (Å²) in [5, 5.41) is 14.2. The van der Waals surface area contributed by atoms with Crippen LogP contribution in [0.25, 0.3) is 23.3 Å². The lowest BCUT2D eigenvalue weighted by atomic mass is 10.2. The second kappa shape index (κ2) is 4.45. The van der Waals surface area contributed by atoms with Gasteiger partial charge in [0.15, 0.2) is 0 Å². The normalized spacial score (nSPS) is 11.4. The quantitative estimate of drug-likeness (QED) is 0.780. The van der Waals surface area contributed by atoms with E-state index in [-0.39, 0.29) is 5.69 Å². The molecule has 3 rings (SSSR count). The number of hydrogen-bond acceptors (Lipinski definition) is 2. The van der Waals surface area contributed by atoms with E-state index >= 15 is 0 Å². The lowest BCUT2D eigenvalue weighted by Gasteiger charge is -2.01. The molecule has 0 unspecified atom stereocenters. The zero-order valence-corrected chi connectivity index (χ0v) is 9.97. The Labute approximate surface area is 109 Å². The van der Waals surface area contributed by atoms with Gasteiger partial charge in [0.2, 0.25) is 0 Å². The number of fused-ring (bicyclic) bond motifs is 1. The number of rotatable bonds is 3. The van der Waals surface area contributed by atoms with Gasteiger partial charge in [-0.1, -0.05) is 18.2 Å². The van der Waals surface area contributed by atoms with Crippen LogP contribution in [0.3, 0.4) is 0 Å². The van der Waals surface area contributed by atoms with E-state index in [2.05, 4.69) is 5.10 Å². The fourth-order valence-corrected chi connectivity index (χ4v) is 2.00. The summed E-state index contributed by atoms with van der Waals surface area (Å²) in [7, 11) is 0. The first-order chi connectivity index (χ1) is 9.25. The Morgan fingerprint density at radius 2 is 2.05 bits per heavy atom. The molecule has 0 saturated carbocycles. The number of hydrogen-bond donors (Lipinski definition) is 1. The van der Waals surface area contributed by atoms with Gasteiger partial charge in [0.25, 0.3) is 0 Å². The second-order valence-corrected chi connectivity index (χ2v) is 4.05. The molecule has 0 fully saturated rings. The van der Waals surface area contributed by atoms with Crippen molar-refractivity contribution in [2.75, 3.05) is 0 Å². The number of nitrogens with zero attached hydrogens (tertiary/aromatic N) is 3. The van der Waals surface area contributed by atoms with Crippen molar-refractivity contribution in [3.63, 3.8) is 0 Å². The van der Waals surface area contributed by atoms with Crippen molar-refractivity contribution in [1.29, 1.82) is 0 Å². The maximum Gasteiger partial charge on any atom is 0.352 e. The highest BCUT2D eigenvalue weighted by Crippen LogP contribution is 2.20. The van der Waals surface area contributed by atoms with Crippen LogP contribution >= 0.6 is 0 Å². The van der Waals surface area contributed by atoms with Gasteiger partial charge in [-0.3, -0.25) is 0 Å². The van der Waals surface area contributed by atoms with Crippen molar-refractivity contribution < 1.29 is 9.90 Å². The van der Waals surface area contributed by atoms with Crippen LogP contribution in [-0.2, 0) is 0 Å². The smallest absolute Gasteiger partial charge is 0.352 e. The molecule has 0 spiro atoms. The molecule has 1 N–H and O–H groups in total. The molecule has 0 aliphatic rings. The van der Waals surface area contributed by atoms with Crippen LogP contribution in [0.15, 0.2) is 48.8 Å². The molecule has 94 valence electrons. The van der Waals surface area contributed by atoms with E-state index in [0.29, 0.717) is 0 Å². The van der Waals surface area contributed by atoms with Crippen LogP contribution in [0.4, 0.5) is 0 Å². The Bertz CT molecular complexity index is 754. The Kier molecular flexibility index (Phi) is 2.64. The van der Waals surface area contributed by atoms with Gasteiger partial charge in [-0.25, -0.2) is 9.48 Å². The summed E-state index contributed by atoms with van der Waals surface area (Å²) in [5.41, 5.74) is 1.08. The number of aromatic nitrogens is 3. The minimum absolute atomic E-state index is 0.226. The highest BCUT2D eigenvalue weighted by molar-refractivity contribution is 5.96. The Hall–Kier alpha value is -2.82. The maximum atomic E-state index is 11.3. The number of benzene rings is 1. The van der Waals surface area contributed by atoms with E-state index in [1.165, 1.54) is 0 Å². The highest BCUT2D eigenvalue weighted by atomic mass is 16.4. The molecule has 0 radical (unpaired) electrons. The van der Waals surface area contributed by atoms with Crippen molar-refractivity contribution in [1.82, 2.24) is 14.3 Å². The lowest BCUT2D eigenvalue weighted by Crippen LogP contribution is -2.03. The molecule has 0 aliphatic carbocycles. The summed E-state index contributed by atoms with van der Waals surface area (Å²) in [6.07, 6.45) is 6.84. The third kappa shape index (κ3) is 2.01. The first-order valence-electron chi connectivity index (χ1n) is 5.76. The van der Waals surface area contributed by atoms with E-state index in [9.17, 15) is 9.90 Å². The third-order valence-electron chi connectivity index (χ3n) is 2.86. The second-order valence-electron chi connectivity index (χ2n) is 4.05. The van der Waals surface area contributed by atoms with Gasteiger partial charge in [-0.15, -0.1) is 0 Å².